The highest BCUT2D eigenvalue weighted by Gasteiger charge is 2.58. The standard InChI is InChI=1S/C15H22N2O/c1-10-4-6-16-8-11(10)9-17-13-12-5-7-18-14(12)15(13,2)3/h4,6,8,12-14,17H,5,7,9H2,1-3H3. The van der Waals surface area contributed by atoms with Crippen LogP contribution in [-0.2, 0) is 11.3 Å². The van der Waals surface area contributed by atoms with Crippen LogP contribution in [0.25, 0.3) is 0 Å². The highest BCUT2D eigenvalue weighted by molar-refractivity contribution is 5.22. The van der Waals surface area contributed by atoms with Crippen molar-refractivity contribution in [3.63, 3.8) is 0 Å². The Balaban J connectivity index is 1.66. The van der Waals surface area contributed by atoms with Crippen LogP contribution >= 0.6 is 0 Å². The van der Waals surface area contributed by atoms with Crippen molar-refractivity contribution in [2.24, 2.45) is 11.3 Å². The minimum atomic E-state index is 0.261. The Morgan fingerprint density at radius 1 is 1.50 bits per heavy atom. The number of pyridine rings is 1. The summed E-state index contributed by atoms with van der Waals surface area (Å²) in [7, 11) is 0. The van der Waals surface area contributed by atoms with E-state index >= 15 is 0 Å². The highest BCUT2D eigenvalue weighted by Crippen LogP contribution is 2.52. The molecule has 1 aliphatic heterocycles. The van der Waals surface area contributed by atoms with Gasteiger partial charge < -0.3 is 10.1 Å². The molecule has 0 radical (unpaired) electrons. The molecular formula is C15H22N2O. The van der Waals surface area contributed by atoms with Crippen LogP contribution in [-0.4, -0.2) is 23.7 Å². The number of aryl methyl sites for hydroxylation is 1. The van der Waals surface area contributed by atoms with Crippen molar-refractivity contribution in [2.75, 3.05) is 6.61 Å². The molecule has 0 bridgehead atoms. The maximum Gasteiger partial charge on any atom is 0.0685 e. The molecule has 3 nitrogen and oxygen atoms in total. The fourth-order valence-electron chi connectivity index (χ4n) is 3.64. The normalized spacial score (nSPS) is 32.9. The largest absolute Gasteiger partial charge is 0.377 e. The lowest BCUT2D eigenvalue weighted by Gasteiger charge is -2.55. The maximum atomic E-state index is 5.82. The second-order valence-corrected chi connectivity index (χ2v) is 6.23. The van der Waals surface area contributed by atoms with E-state index in [-0.39, 0.29) is 5.41 Å². The summed E-state index contributed by atoms with van der Waals surface area (Å²) >= 11 is 0. The number of hydrogen-bond acceptors (Lipinski definition) is 3. The molecule has 0 amide bonds. The average molecular weight is 246 g/mol. The summed E-state index contributed by atoms with van der Waals surface area (Å²) in [6, 6.07) is 2.65. The fraction of sp³-hybridized carbons (Fsp3) is 0.667. The van der Waals surface area contributed by atoms with Crippen molar-refractivity contribution >= 4 is 0 Å². The van der Waals surface area contributed by atoms with E-state index in [1.54, 1.807) is 0 Å². The van der Waals surface area contributed by atoms with Gasteiger partial charge in [0.1, 0.15) is 0 Å². The Labute approximate surface area is 109 Å². The topological polar surface area (TPSA) is 34.2 Å². The van der Waals surface area contributed by atoms with Gasteiger partial charge in [0.25, 0.3) is 0 Å². The third kappa shape index (κ3) is 1.77. The third-order valence-electron chi connectivity index (χ3n) is 4.76. The first-order chi connectivity index (χ1) is 8.60. The van der Waals surface area contributed by atoms with Gasteiger partial charge in [-0.2, -0.15) is 0 Å². The predicted molar refractivity (Wildman–Crippen MR) is 71.2 cm³/mol. The molecule has 1 saturated carbocycles. The molecule has 3 unspecified atom stereocenters. The van der Waals surface area contributed by atoms with E-state index in [9.17, 15) is 0 Å². The van der Waals surface area contributed by atoms with E-state index in [1.165, 1.54) is 17.5 Å². The van der Waals surface area contributed by atoms with Crippen molar-refractivity contribution in [1.29, 1.82) is 0 Å². The van der Waals surface area contributed by atoms with Crippen molar-refractivity contribution in [2.45, 2.75) is 45.9 Å². The Kier molecular flexibility index (Phi) is 2.91. The van der Waals surface area contributed by atoms with E-state index < -0.39 is 0 Å². The van der Waals surface area contributed by atoms with E-state index in [1.807, 2.05) is 12.4 Å². The monoisotopic (exact) mass is 246 g/mol. The van der Waals surface area contributed by atoms with Gasteiger partial charge in [0, 0.05) is 42.9 Å². The van der Waals surface area contributed by atoms with Crippen LogP contribution in [0.15, 0.2) is 18.5 Å². The molecule has 1 saturated heterocycles. The second kappa shape index (κ2) is 4.32. The summed E-state index contributed by atoms with van der Waals surface area (Å²) in [6.45, 7) is 8.62. The Hall–Kier alpha value is -0.930. The minimum Gasteiger partial charge on any atom is -0.377 e. The quantitative estimate of drug-likeness (QED) is 0.888. The van der Waals surface area contributed by atoms with Crippen molar-refractivity contribution in [1.82, 2.24) is 10.3 Å². The van der Waals surface area contributed by atoms with Crippen molar-refractivity contribution in [3.8, 4) is 0 Å². The van der Waals surface area contributed by atoms with Crippen LogP contribution in [0.4, 0.5) is 0 Å². The lowest BCUT2D eigenvalue weighted by atomic mass is 9.57. The van der Waals surface area contributed by atoms with Gasteiger partial charge in [0.15, 0.2) is 0 Å². The number of aromatic nitrogens is 1. The summed E-state index contributed by atoms with van der Waals surface area (Å²) in [5.74, 6) is 0.706. The first-order valence-electron chi connectivity index (χ1n) is 6.85. The third-order valence-corrected chi connectivity index (χ3v) is 4.76. The number of fused-ring (bicyclic) bond motifs is 1. The summed E-state index contributed by atoms with van der Waals surface area (Å²) in [4.78, 5) is 4.21. The van der Waals surface area contributed by atoms with Gasteiger partial charge in [0.2, 0.25) is 0 Å². The van der Waals surface area contributed by atoms with Crippen LogP contribution < -0.4 is 5.32 Å². The molecule has 3 heteroatoms. The molecule has 0 aromatic carbocycles. The van der Waals surface area contributed by atoms with Gasteiger partial charge >= 0.3 is 0 Å². The molecule has 2 heterocycles. The van der Waals surface area contributed by atoms with Crippen LogP contribution in [0.2, 0.25) is 0 Å². The maximum absolute atomic E-state index is 5.82. The number of hydrogen-bond donors (Lipinski definition) is 1. The summed E-state index contributed by atoms with van der Waals surface area (Å²) < 4.78 is 5.82. The zero-order valence-corrected chi connectivity index (χ0v) is 11.4. The second-order valence-electron chi connectivity index (χ2n) is 6.23. The first kappa shape index (κ1) is 12.1. The molecule has 3 rings (SSSR count). The molecule has 2 aliphatic rings. The Morgan fingerprint density at radius 3 is 3.11 bits per heavy atom. The lowest BCUT2D eigenvalue weighted by Crippen LogP contribution is -2.65. The van der Waals surface area contributed by atoms with Crippen LogP contribution in [0.1, 0.15) is 31.4 Å². The lowest BCUT2D eigenvalue weighted by molar-refractivity contribution is -0.113. The van der Waals surface area contributed by atoms with Crippen LogP contribution in [0.5, 0.6) is 0 Å². The smallest absolute Gasteiger partial charge is 0.0685 e. The molecule has 0 spiro atoms. The van der Waals surface area contributed by atoms with Gasteiger partial charge in [-0.1, -0.05) is 13.8 Å². The van der Waals surface area contributed by atoms with Gasteiger partial charge in [-0.05, 0) is 30.5 Å². The van der Waals surface area contributed by atoms with Crippen LogP contribution in [0, 0.1) is 18.3 Å². The average Bonchev–Trinajstić information content (AvgIpc) is 2.78. The van der Waals surface area contributed by atoms with E-state index in [0.29, 0.717) is 18.1 Å². The summed E-state index contributed by atoms with van der Waals surface area (Å²) in [5, 5.41) is 3.72. The Morgan fingerprint density at radius 2 is 2.33 bits per heavy atom. The van der Waals surface area contributed by atoms with Gasteiger partial charge in [0.05, 0.1) is 6.10 Å². The molecule has 2 fully saturated rings. The molecule has 1 aromatic rings. The predicted octanol–water partition coefficient (Wildman–Crippen LogP) is 2.29. The van der Waals surface area contributed by atoms with E-state index in [0.717, 1.165) is 13.2 Å². The molecule has 1 N–H and O–H groups in total. The summed E-state index contributed by atoms with van der Waals surface area (Å²) in [6.07, 6.45) is 5.49. The van der Waals surface area contributed by atoms with E-state index in [4.69, 9.17) is 4.74 Å². The number of nitrogens with one attached hydrogen (secondary N) is 1. The van der Waals surface area contributed by atoms with Crippen molar-refractivity contribution < 1.29 is 4.74 Å². The number of nitrogens with zero attached hydrogens (tertiary/aromatic N) is 1. The molecule has 98 valence electrons. The molecule has 1 aromatic heterocycles. The number of ether oxygens (including phenoxy) is 1. The van der Waals surface area contributed by atoms with Gasteiger partial charge in [-0.25, -0.2) is 0 Å². The Bertz CT molecular complexity index is 444. The zero-order chi connectivity index (χ0) is 12.8. The fourth-order valence-corrected chi connectivity index (χ4v) is 3.64. The minimum absolute atomic E-state index is 0.261. The van der Waals surface area contributed by atoms with Crippen molar-refractivity contribution in [3.05, 3.63) is 29.6 Å². The molecule has 18 heavy (non-hydrogen) atoms. The SMILES string of the molecule is Cc1ccncc1CNC1C2CCOC2C1(C)C. The van der Waals surface area contributed by atoms with Crippen LogP contribution in [0.3, 0.4) is 0 Å². The highest BCUT2D eigenvalue weighted by atomic mass is 16.5. The van der Waals surface area contributed by atoms with Gasteiger partial charge in [-0.15, -0.1) is 0 Å². The first-order valence-corrected chi connectivity index (χ1v) is 6.85. The molecule has 1 aliphatic carbocycles. The summed E-state index contributed by atoms with van der Waals surface area (Å²) in [5.41, 5.74) is 2.88. The number of rotatable bonds is 3. The molecule has 3 atom stereocenters. The zero-order valence-electron chi connectivity index (χ0n) is 11.4. The van der Waals surface area contributed by atoms with Gasteiger partial charge in [-0.3, -0.25) is 4.98 Å². The molecular weight excluding hydrogens is 224 g/mol. The van der Waals surface area contributed by atoms with E-state index in [2.05, 4.69) is 37.1 Å².